The molecule has 50 heavy (non-hydrogen) atoms. The van der Waals surface area contributed by atoms with Gasteiger partial charge >= 0.3 is 24.3 Å². The van der Waals surface area contributed by atoms with Gasteiger partial charge in [0.1, 0.15) is 0 Å². The van der Waals surface area contributed by atoms with Crippen LogP contribution in [0.1, 0.15) is 69.8 Å². The number of hydrogen-bond donors (Lipinski definition) is 4. The van der Waals surface area contributed by atoms with E-state index in [1.54, 1.807) is 21.9 Å². The molecule has 0 bridgehead atoms. The molecule has 5 amide bonds. The van der Waals surface area contributed by atoms with E-state index in [0.29, 0.717) is 37.8 Å². The van der Waals surface area contributed by atoms with Crippen molar-refractivity contribution in [2.45, 2.75) is 70.8 Å². The van der Waals surface area contributed by atoms with Crippen LogP contribution in [0.25, 0.3) is 0 Å². The van der Waals surface area contributed by atoms with Gasteiger partial charge in [-0.1, -0.05) is 31.4 Å². The third-order valence-corrected chi connectivity index (χ3v) is 9.95. The summed E-state index contributed by atoms with van der Waals surface area (Å²) < 4.78 is 10.8. The van der Waals surface area contributed by atoms with Crippen molar-refractivity contribution in [2.75, 3.05) is 65.5 Å². The fourth-order valence-corrected chi connectivity index (χ4v) is 6.96. The monoisotopic (exact) mass is 695 g/mol. The number of carbonyl (C=O) groups excluding carboxylic acids is 4. The molecule has 0 spiro atoms. The summed E-state index contributed by atoms with van der Waals surface area (Å²) in [6.45, 7) is 4.49. The normalized spacial score (nSPS) is 19.3. The third-order valence-electron chi connectivity index (χ3n) is 9.95. The molecule has 3 saturated heterocycles. The first-order valence-electron chi connectivity index (χ1n) is 18.1. The molecule has 1 aliphatic carbocycles. The maximum Gasteiger partial charge on any atom is 0.419 e. The molecule has 5 rings (SSSR count). The van der Waals surface area contributed by atoms with Gasteiger partial charge < -0.3 is 46.3 Å². The number of rotatable bonds is 6. The lowest BCUT2D eigenvalue weighted by molar-refractivity contribution is 0.0581. The van der Waals surface area contributed by atoms with Gasteiger partial charge in [-0.05, 0) is 87.2 Å². The van der Waals surface area contributed by atoms with E-state index in [1.165, 1.54) is 21.8 Å². The van der Waals surface area contributed by atoms with Crippen LogP contribution in [0.2, 0.25) is 0 Å². The average Bonchev–Trinajstić information content (AvgIpc) is 3.11. The topological polar surface area (TPSA) is 188 Å². The molecular weight excluding hydrogens is 642 g/mol. The number of nitrogens with zero attached hydrogens (tertiary/aromatic N) is 5. The summed E-state index contributed by atoms with van der Waals surface area (Å²) in [5.74, 6) is 0.550. The van der Waals surface area contributed by atoms with Crippen LogP contribution in [-0.4, -0.2) is 115 Å². The molecule has 1 aromatic rings. The molecule has 15 heteroatoms. The highest BCUT2D eigenvalue weighted by molar-refractivity contribution is 5.84. The van der Waals surface area contributed by atoms with Gasteiger partial charge in [0.05, 0.1) is 18.8 Å². The molecule has 274 valence electrons. The molecule has 4 aliphatic rings. The first-order chi connectivity index (χ1) is 24.3. The van der Waals surface area contributed by atoms with Crippen molar-refractivity contribution in [3.8, 4) is 0 Å². The minimum atomic E-state index is -0.736. The average molecular weight is 696 g/mol. The van der Waals surface area contributed by atoms with E-state index < -0.39 is 12.2 Å². The Morgan fingerprint density at radius 3 is 2.06 bits per heavy atom. The maximum atomic E-state index is 13.5. The lowest BCUT2D eigenvalue weighted by Crippen LogP contribution is -2.54. The first-order valence-corrected chi connectivity index (χ1v) is 18.1. The van der Waals surface area contributed by atoms with Crippen molar-refractivity contribution in [3.05, 3.63) is 41.1 Å². The van der Waals surface area contributed by atoms with E-state index in [4.69, 9.17) is 20.9 Å². The SMILES string of the molecule is NC(N)=Nc1ccc(CNC(=O)N2CCN(C(=O)OC(=O)N3CCN(C(=O)OCCC4CCNCC4)CC3)CC2=C2CCCCCCC2)cc1. The summed E-state index contributed by atoms with van der Waals surface area (Å²) in [5, 5.41) is 6.36. The predicted octanol–water partition coefficient (Wildman–Crippen LogP) is 3.82. The Hall–Kier alpha value is -4.53. The molecule has 3 heterocycles. The lowest BCUT2D eigenvalue weighted by Gasteiger charge is -2.38. The second-order valence-electron chi connectivity index (χ2n) is 13.5. The Morgan fingerprint density at radius 2 is 1.40 bits per heavy atom. The highest BCUT2D eigenvalue weighted by atomic mass is 16.6. The number of amides is 5. The number of benzene rings is 1. The number of nitrogens with one attached hydrogen (secondary N) is 2. The number of aliphatic imine (C=N–C) groups is 1. The van der Waals surface area contributed by atoms with E-state index in [2.05, 4.69) is 15.6 Å². The Labute approximate surface area is 294 Å². The molecule has 4 fully saturated rings. The van der Waals surface area contributed by atoms with Gasteiger partial charge in [0.15, 0.2) is 5.96 Å². The highest BCUT2D eigenvalue weighted by Gasteiger charge is 2.34. The lowest BCUT2D eigenvalue weighted by atomic mass is 9.93. The number of carbonyl (C=O) groups is 4. The summed E-state index contributed by atoms with van der Waals surface area (Å²) >= 11 is 0. The molecule has 0 aromatic heterocycles. The van der Waals surface area contributed by atoms with E-state index in [0.717, 1.165) is 82.1 Å². The van der Waals surface area contributed by atoms with Crippen molar-refractivity contribution in [1.82, 2.24) is 30.2 Å². The molecule has 1 aromatic carbocycles. The van der Waals surface area contributed by atoms with Crippen LogP contribution in [-0.2, 0) is 16.0 Å². The standard InChI is InChI=1S/C35H53N9O6/c36-31(37)40-29-10-8-27(9-11-29)24-39-32(45)44-22-21-43(25-30(44)28-6-4-2-1-3-5-7-28)35(48)50-34(47)42-19-17-41(18-20-42)33(46)49-23-14-26-12-15-38-16-13-26/h8-11,26,38H,1-7,12-25H2,(H,39,45)(H4,36,37,40). The quantitative estimate of drug-likeness (QED) is 0.195. The minimum absolute atomic E-state index is 0.0246. The van der Waals surface area contributed by atoms with E-state index in [1.807, 2.05) is 12.1 Å². The number of piperidine rings is 1. The third kappa shape index (κ3) is 10.7. The Kier molecular flexibility index (Phi) is 13.6. The van der Waals surface area contributed by atoms with Gasteiger partial charge in [-0.3, -0.25) is 4.90 Å². The second-order valence-corrected chi connectivity index (χ2v) is 13.5. The molecule has 6 N–H and O–H groups in total. The zero-order valence-corrected chi connectivity index (χ0v) is 29.1. The van der Waals surface area contributed by atoms with Crippen LogP contribution in [0, 0.1) is 5.92 Å². The van der Waals surface area contributed by atoms with Crippen molar-refractivity contribution in [1.29, 1.82) is 0 Å². The summed E-state index contributed by atoms with van der Waals surface area (Å²) in [6, 6.07) is 7.02. The number of allylic oxidation sites excluding steroid dienone is 1. The van der Waals surface area contributed by atoms with Gasteiger partial charge in [0.2, 0.25) is 0 Å². The van der Waals surface area contributed by atoms with Crippen LogP contribution in [0.5, 0.6) is 0 Å². The van der Waals surface area contributed by atoms with Crippen LogP contribution >= 0.6 is 0 Å². The van der Waals surface area contributed by atoms with Crippen molar-refractivity contribution >= 4 is 36.0 Å². The van der Waals surface area contributed by atoms with Crippen LogP contribution in [0.15, 0.2) is 40.5 Å². The summed E-state index contributed by atoms with van der Waals surface area (Å²) in [5.41, 5.74) is 14.4. The van der Waals surface area contributed by atoms with Gasteiger partial charge in [0.25, 0.3) is 0 Å². The molecule has 0 radical (unpaired) electrons. The van der Waals surface area contributed by atoms with Crippen molar-refractivity contribution in [2.24, 2.45) is 22.4 Å². The number of ether oxygens (including phenoxy) is 2. The molecule has 0 unspecified atom stereocenters. The number of guanidine groups is 1. The minimum Gasteiger partial charge on any atom is -0.449 e. The highest BCUT2D eigenvalue weighted by Crippen LogP contribution is 2.29. The summed E-state index contributed by atoms with van der Waals surface area (Å²) in [6.07, 6.45) is 8.43. The van der Waals surface area contributed by atoms with Gasteiger partial charge in [-0.2, -0.15) is 0 Å². The number of hydrogen-bond acceptors (Lipinski definition) is 8. The molecule has 0 atom stereocenters. The molecule has 1 saturated carbocycles. The zero-order valence-electron chi connectivity index (χ0n) is 29.1. The van der Waals surface area contributed by atoms with Crippen molar-refractivity contribution < 1.29 is 28.7 Å². The van der Waals surface area contributed by atoms with Gasteiger partial charge in [-0.25, -0.2) is 24.2 Å². The Balaban J connectivity index is 1.12. The Bertz CT molecular complexity index is 1370. The zero-order chi connectivity index (χ0) is 35.3. The molecular formula is C35H53N9O6. The number of urea groups is 1. The Morgan fingerprint density at radius 1 is 0.800 bits per heavy atom. The van der Waals surface area contributed by atoms with Crippen LogP contribution < -0.4 is 22.1 Å². The van der Waals surface area contributed by atoms with Gasteiger partial charge in [0, 0.05) is 51.5 Å². The van der Waals surface area contributed by atoms with E-state index in [9.17, 15) is 19.2 Å². The predicted molar refractivity (Wildman–Crippen MR) is 188 cm³/mol. The molecule has 15 nitrogen and oxygen atoms in total. The van der Waals surface area contributed by atoms with Crippen LogP contribution in [0.3, 0.4) is 0 Å². The summed E-state index contributed by atoms with van der Waals surface area (Å²) in [7, 11) is 0. The summed E-state index contributed by atoms with van der Waals surface area (Å²) in [4.78, 5) is 62.8. The fourth-order valence-electron chi connectivity index (χ4n) is 6.96. The first kappa shape index (κ1) is 36.7. The number of nitrogens with two attached hydrogens (primary N) is 2. The smallest absolute Gasteiger partial charge is 0.419 e. The fraction of sp³-hybridized carbons (Fsp3) is 0.629. The second kappa shape index (κ2) is 18.5. The molecule has 3 aliphatic heterocycles. The van der Waals surface area contributed by atoms with Gasteiger partial charge in [-0.15, -0.1) is 0 Å². The largest absolute Gasteiger partial charge is 0.449 e. The number of piperazine rings is 2. The van der Waals surface area contributed by atoms with Crippen molar-refractivity contribution in [3.63, 3.8) is 0 Å². The van der Waals surface area contributed by atoms with E-state index >= 15 is 0 Å². The van der Waals surface area contributed by atoms with Crippen LogP contribution in [0.4, 0.5) is 24.9 Å². The van der Waals surface area contributed by atoms with E-state index in [-0.39, 0.29) is 50.8 Å². The maximum absolute atomic E-state index is 13.5.